The Morgan fingerprint density at radius 1 is 1.17 bits per heavy atom. The first-order valence-corrected chi connectivity index (χ1v) is 12.9. The number of benzene rings is 1. The van der Waals surface area contributed by atoms with Crippen LogP contribution in [0.4, 0.5) is 18.0 Å². The molecule has 41 heavy (non-hydrogen) atoms. The van der Waals surface area contributed by atoms with Gasteiger partial charge < -0.3 is 28.8 Å². The van der Waals surface area contributed by atoms with Crippen molar-refractivity contribution in [3.63, 3.8) is 0 Å². The number of halogens is 3. The minimum absolute atomic E-state index is 0.0510. The molecule has 1 aliphatic carbocycles. The summed E-state index contributed by atoms with van der Waals surface area (Å²) in [7, 11) is 0. The van der Waals surface area contributed by atoms with Gasteiger partial charge in [-0.05, 0) is 58.2 Å². The Bertz CT molecular complexity index is 1380. The van der Waals surface area contributed by atoms with Gasteiger partial charge in [0.1, 0.15) is 17.1 Å². The number of hydrogen-bond acceptors (Lipinski definition) is 10. The highest BCUT2D eigenvalue weighted by Crippen LogP contribution is 2.38. The molecule has 1 saturated carbocycles. The molecule has 1 saturated heterocycles. The third-order valence-electron chi connectivity index (χ3n) is 6.10. The van der Waals surface area contributed by atoms with Crippen LogP contribution in [0, 0.1) is 0 Å². The average molecular weight is 580 g/mol. The largest absolute Gasteiger partial charge is 0.573 e. The summed E-state index contributed by atoms with van der Waals surface area (Å²) in [6.45, 7) is 5.75. The molecule has 220 valence electrons. The molecule has 0 unspecified atom stereocenters. The number of nitrogens with one attached hydrogen (secondary N) is 1. The molecule has 2 fully saturated rings. The minimum atomic E-state index is -4.91. The number of hydrogen-bond donors (Lipinski definition) is 1. The van der Waals surface area contributed by atoms with Crippen LogP contribution in [0.5, 0.6) is 11.5 Å². The molecule has 13 nitrogen and oxygen atoms in total. The first-order chi connectivity index (χ1) is 19.3. The van der Waals surface area contributed by atoms with Crippen molar-refractivity contribution in [2.75, 3.05) is 6.54 Å². The minimum Gasteiger partial charge on any atom is -0.490 e. The normalized spacial score (nSPS) is 19.2. The Morgan fingerprint density at radius 2 is 1.95 bits per heavy atom. The van der Waals surface area contributed by atoms with E-state index in [0.717, 1.165) is 25.0 Å². The van der Waals surface area contributed by atoms with Gasteiger partial charge in [0, 0.05) is 18.8 Å². The van der Waals surface area contributed by atoms with Crippen LogP contribution >= 0.6 is 0 Å². The Labute approximate surface area is 231 Å². The van der Waals surface area contributed by atoms with Crippen molar-refractivity contribution in [3.8, 4) is 23.0 Å². The fourth-order valence-electron chi connectivity index (χ4n) is 4.30. The second-order valence-electron chi connectivity index (χ2n) is 10.8. The fourth-order valence-corrected chi connectivity index (χ4v) is 4.30. The molecule has 2 aliphatic rings. The van der Waals surface area contributed by atoms with Crippen LogP contribution < -0.4 is 14.8 Å². The van der Waals surface area contributed by atoms with Crippen molar-refractivity contribution in [3.05, 3.63) is 36.5 Å². The summed E-state index contributed by atoms with van der Waals surface area (Å²) in [6, 6.07) is 2.65. The molecule has 5 rings (SSSR count). The second kappa shape index (κ2) is 10.9. The van der Waals surface area contributed by atoms with Crippen LogP contribution in [-0.4, -0.2) is 78.8 Å². The van der Waals surface area contributed by atoms with Gasteiger partial charge in [-0.2, -0.15) is 0 Å². The third-order valence-corrected chi connectivity index (χ3v) is 6.10. The highest BCUT2D eigenvalue weighted by Gasteiger charge is 2.39. The number of carbonyl (C=O) groups excluding carboxylic acids is 2. The Balaban J connectivity index is 1.31. The van der Waals surface area contributed by atoms with E-state index in [9.17, 15) is 22.8 Å². The van der Waals surface area contributed by atoms with E-state index in [1.54, 1.807) is 31.6 Å². The summed E-state index contributed by atoms with van der Waals surface area (Å²) >= 11 is 0. The number of carbonyl (C=O) groups is 2. The number of aromatic nitrogens is 5. The van der Waals surface area contributed by atoms with Gasteiger partial charge in [-0.25, -0.2) is 4.79 Å². The van der Waals surface area contributed by atoms with E-state index in [1.807, 2.05) is 0 Å². The highest BCUT2D eigenvalue weighted by atomic mass is 19.4. The van der Waals surface area contributed by atoms with Crippen LogP contribution in [-0.2, 0) is 11.3 Å². The van der Waals surface area contributed by atoms with Crippen LogP contribution in [0.3, 0.4) is 0 Å². The maximum absolute atomic E-state index is 13.0. The molecule has 2 aromatic heterocycles. The smallest absolute Gasteiger partial charge is 0.490 e. The van der Waals surface area contributed by atoms with Gasteiger partial charge in [0.15, 0.2) is 0 Å². The first-order valence-electron chi connectivity index (χ1n) is 12.9. The van der Waals surface area contributed by atoms with E-state index in [0.29, 0.717) is 13.0 Å². The van der Waals surface area contributed by atoms with Gasteiger partial charge in [0.25, 0.3) is 5.89 Å². The lowest BCUT2D eigenvalue weighted by molar-refractivity contribution is -0.274. The van der Waals surface area contributed by atoms with E-state index in [1.165, 1.54) is 17.2 Å². The molecule has 2 atom stereocenters. The van der Waals surface area contributed by atoms with E-state index < -0.39 is 41.6 Å². The maximum atomic E-state index is 13.0. The maximum Gasteiger partial charge on any atom is 0.573 e. The van der Waals surface area contributed by atoms with E-state index in [4.69, 9.17) is 13.9 Å². The van der Waals surface area contributed by atoms with Gasteiger partial charge >= 0.3 is 24.3 Å². The molecule has 1 N–H and O–H groups in total. The molecule has 0 spiro atoms. The molecule has 1 aromatic carbocycles. The predicted octanol–water partition coefficient (Wildman–Crippen LogP) is 3.58. The molecule has 16 heteroatoms. The van der Waals surface area contributed by atoms with Crippen LogP contribution in [0.25, 0.3) is 11.5 Å². The molecule has 3 aromatic rings. The topological polar surface area (TPSA) is 147 Å². The van der Waals surface area contributed by atoms with Gasteiger partial charge in [-0.15, -0.1) is 28.5 Å². The van der Waals surface area contributed by atoms with E-state index in [2.05, 4.69) is 30.6 Å². The van der Waals surface area contributed by atoms with Gasteiger partial charge in [0.05, 0.1) is 30.5 Å². The predicted molar refractivity (Wildman–Crippen MR) is 133 cm³/mol. The fraction of sp³-hybridized carbons (Fsp3) is 0.520. The van der Waals surface area contributed by atoms with Gasteiger partial charge in [-0.3, -0.25) is 9.48 Å². The standard InChI is InChI=1S/C25H28F3N7O6/c1-24(2,3)41-23(37)35-12-14(10-15(35)13-34-9-8-29-33-34)30-20(36)22-32-31-21(39-22)18-11-17(40-25(26,27)28)6-7-19(18)38-16-4-5-16/h6-9,11,14-16H,4-5,10,12-13H2,1-3H3,(H,30,36)/t14-,15+/m1/s1. The summed E-state index contributed by atoms with van der Waals surface area (Å²) in [6.07, 6.45) is -0.356. The SMILES string of the molecule is CC(C)(C)OC(=O)N1C[C@H](NC(=O)c2nnc(-c3cc(OC(F)(F)F)ccc3OC3CC3)o2)C[C@H]1Cn1ccnn1. The number of amides is 2. The summed E-state index contributed by atoms with van der Waals surface area (Å²) < 4.78 is 60.8. The second-order valence-corrected chi connectivity index (χ2v) is 10.8. The number of alkyl halides is 3. The molecule has 3 heterocycles. The molecular weight excluding hydrogens is 551 g/mol. The van der Waals surface area contributed by atoms with Gasteiger partial charge in [-0.1, -0.05) is 5.21 Å². The highest BCUT2D eigenvalue weighted by molar-refractivity contribution is 5.90. The number of likely N-dealkylation sites (tertiary alicyclic amines) is 1. The average Bonchev–Trinajstić information content (AvgIpc) is 3.25. The quantitative estimate of drug-likeness (QED) is 0.420. The van der Waals surface area contributed by atoms with Crippen LogP contribution in [0.2, 0.25) is 0 Å². The van der Waals surface area contributed by atoms with Crippen molar-refractivity contribution in [2.45, 2.75) is 76.7 Å². The molecular formula is C25H28F3N7O6. The Hall–Kier alpha value is -4.37. The summed E-state index contributed by atoms with van der Waals surface area (Å²) in [5.41, 5.74) is -0.670. The zero-order chi connectivity index (χ0) is 29.4. The Morgan fingerprint density at radius 3 is 2.61 bits per heavy atom. The number of ether oxygens (including phenoxy) is 3. The molecule has 2 amide bonds. The zero-order valence-electron chi connectivity index (χ0n) is 22.4. The molecule has 1 aliphatic heterocycles. The zero-order valence-corrected chi connectivity index (χ0v) is 22.4. The summed E-state index contributed by atoms with van der Waals surface area (Å²) in [4.78, 5) is 27.4. The van der Waals surface area contributed by atoms with Crippen molar-refractivity contribution in [1.82, 2.24) is 35.4 Å². The van der Waals surface area contributed by atoms with Crippen LogP contribution in [0.15, 0.2) is 35.0 Å². The van der Waals surface area contributed by atoms with Gasteiger partial charge in [0.2, 0.25) is 0 Å². The number of nitrogens with zero attached hydrogens (tertiary/aromatic N) is 6. The summed E-state index contributed by atoms with van der Waals surface area (Å²) in [5.74, 6) is -1.64. The monoisotopic (exact) mass is 579 g/mol. The van der Waals surface area contributed by atoms with E-state index in [-0.39, 0.29) is 35.9 Å². The molecule has 0 radical (unpaired) electrons. The van der Waals surface area contributed by atoms with Crippen molar-refractivity contribution < 1.29 is 41.4 Å². The van der Waals surface area contributed by atoms with Crippen molar-refractivity contribution >= 4 is 12.0 Å². The first kappa shape index (κ1) is 28.2. The summed E-state index contributed by atoms with van der Waals surface area (Å²) in [5, 5.41) is 18.2. The van der Waals surface area contributed by atoms with Crippen molar-refractivity contribution in [1.29, 1.82) is 0 Å². The van der Waals surface area contributed by atoms with Crippen molar-refractivity contribution in [2.24, 2.45) is 0 Å². The van der Waals surface area contributed by atoms with E-state index >= 15 is 0 Å². The lowest BCUT2D eigenvalue weighted by Crippen LogP contribution is -2.43. The van der Waals surface area contributed by atoms with Crippen LogP contribution in [0.1, 0.15) is 50.7 Å². The lowest BCUT2D eigenvalue weighted by Gasteiger charge is -2.28. The third kappa shape index (κ3) is 7.43. The number of rotatable bonds is 8. The lowest BCUT2D eigenvalue weighted by atomic mass is 10.1. The molecule has 0 bridgehead atoms. The Kier molecular flexibility index (Phi) is 7.48.